The van der Waals surface area contributed by atoms with Crippen molar-refractivity contribution < 1.29 is 9.90 Å². The Morgan fingerprint density at radius 2 is 2.00 bits per heavy atom. The van der Waals surface area contributed by atoms with Crippen molar-refractivity contribution in [1.29, 1.82) is 0 Å². The number of hydrogen-bond acceptors (Lipinski definition) is 1. The molecule has 0 radical (unpaired) electrons. The predicted molar refractivity (Wildman–Crippen MR) is 24.2 cm³/mol. The summed E-state index contributed by atoms with van der Waals surface area (Å²) in [7, 11) is 1.35. The topological polar surface area (TPSA) is 49.3 Å². The zero-order valence-corrected chi connectivity index (χ0v) is 2.86. The summed E-state index contributed by atoms with van der Waals surface area (Å²) in [4.78, 5) is 9.26. The minimum absolute atomic E-state index is 0. The van der Waals surface area contributed by atoms with E-state index in [-0.39, 0.29) is 29.6 Å². The number of amides is 1. The van der Waals surface area contributed by atoms with Crippen molar-refractivity contribution in [3.05, 3.63) is 0 Å². The maximum atomic E-state index is 9.26. The van der Waals surface area contributed by atoms with Crippen LogP contribution in [0.15, 0.2) is 0 Å². The van der Waals surface area contributed by atoms with Crippen molar-refractivity contribution >= 4 is 35.7 Å². The van der Waals surface area contributed by atoms with E-state index in [2.05, 4.69) is 0 Å². The van der Waals surface area contributed by atoms with Gasteiger partial charge in [-0.2, -0.15) is 0 Å². The summed E-state index contributed by atoms with van der Waals surface area (Å²) in [6.45, 7) is 0. The first kappa shape index (κ1) is 9.55. The van der Waals surface area contributed by atoms with Gasteiger partial charge in [-0.05, 0) is 0 Å². The maximum absolute atomic E-state index is 9.26. The number of carbonyl (C=O) groups is 1. The molecule has 0 saturated carbocycles. The Morgan fingerprint density at radius 3 is 2.00 bits per heavy atom. The molecule has 0 fully saturated rings. The first-order valence-electron chi connectivity index (χ1n) is 1.18. The predicted octanol–water partition coefficient (Wildman–Crippen LogP) is -0.765. The average molecular weight is 99.1 g/mol. The minimum atomic E-state index is -0.995. The molecule has 0 rings (SSSR count). The van der Waals surface area contributed by atoms with Crippen molar-refractivity contribution in [1.82, 2.24) is 5.32 Å². The van der Waals surface area contributed by atoms with Crippen molar-refractivity contribution in [3.8, 4) is 0 Å². The molecule has 6 heavy (non-hydrogen) atoms. The molecule has 1 amide bonds. The molecule has 0 saturated heterocycles. The van der Waals surface area contributed by atoms with Crippen molar-refractivity contribution in [2.75, 3.05) is 7.05 Å². The van der Waals surface area contributed by atoms with E-state index in [0.717, 1.165) is 0 Å². The van der Waals surface area contributed by atoms with Crippen LogP contribution in [0.1, 0.15) is 0 Å². The van der Waals surface area contributed by atoms with Crippen LogP contribution >= 0.6 is 0 Å². The molecule has 0 aliphatic heterocycles. The summed E-state index contributed by atoms with van der Waals surface area (Å²) in [6, 6.07) is 0. The van der Waals surface area contributed by atoms with Crippen LogP contribution in [-0.2, 0) is 0 Å². The van der Waals surface area contributed by atoms with E-state index in [0.29, 0.717) is 0 Å². The van der Waals surface area contributed by atoms with Gasteiger partial charge in [-0.15, -0.1) is 0 Å². The second-order valence-corrected chi connectivity index (χ2v) is 0.555. The molecule has 0 aliphatic carbocycles. The van der Waals surface area contributed by atoms with E-state index in [9.17, 15) is 4.79 Å². The molecule has 0 atom stereocenters. The molecule has 2 N–H and O–H groups in total. The van der Waals surface area contributed by atoms with Gasteiger partial charge in [-0.25, -0.2) is 4.79 Å². The van der Waals surface area contributed by atoms with Crippen molar-refractivity contribution in [2.24, 2.45) is 0 Å². The van der Waals surface area contributed by atoms with Gasteiger partial charge in [0.05, 0.1) is 0 Å². The standard InChI is InChI=1S/C2H5NO2.Na.H/c1-3-2(4)5;;/h3H,1H3,(H,4,5);;. The third kappa shape index (κ3) is 8.86. The molecule has 0 aromatic rings. The van der Waals surface area contributed by atoms with Crippen LogP contribution in [0.2, 0.25) is 0 Å². The summed E-state index contributed by atoms with van der Waals surface area (Å²) in [5, 5.41) is 9.56. The van der Waals surface area contributed by atoms with Crippen LogP contribution in [0.3, 0.4) is 0 Å². The van der Waals surface area contributed by atoms with Gasteiger partial charge in [0.25, 0.3) is 0 Å². The Labute approximate surface area is 58.0 Å². The Kier molecular flexibility index (Phi) is 8.39. The van der Waals surface area contributed by atoms with Gasteiger partial charge in [0, 0.05) is 7.05 Å². The van der Waals surface area contributed by atoms with Crippen LogP contribution in [0.25, 0.3) is 0 Å². The van der Waals surface area contributed by atoms with Crippen molar-refractivity contribution in [2.45, 2.75) is 0 Å². The zero-order chi connectivity index (χ0) is 4.28. The second-order valence-electron chi connectivity index (χ2n) is 0.555. The third-order valence-corrected chi connectivity index (χ3v) is 0.214. The third-order valence-electron chi connectivity index (χ3n) is 0.214. The molecule has 32 valence electrons. The van der Waals surface area contributed by atoms with Gasteiger partial charge in [-0.3, -0.25) is 0 Å². The second kappa shape index (κ2) is 5.27. The molecule has 0 unspecified atom stereocenters. The molecule has 0 bridgehead atoms. The van der Waals surface area contributed by atoms with Gasteiger partial charge < -0.3 is 10.4 Å². The number of carboxylic acid groups (broad SMARTS) is 1. The van der Waals surface area contributed by atoms with E-state index in [4.69, 9.17) is 5.11 Å². The average Bonchev–Trinajstić information content (AvgIpc) is 1.38. The fourth-order valence-electron chi connectivity index (χ4n) is 0. The quantitative estimate of drug-likeness (QED) is 0.392. The summed E-state index contributed by atoms with van der Waals surface area (Å²) in [5.41, 5.74) is 0. The monoisotopic (exact) mass is 99.0 g/mol. The molecule has 0 aromatic carbocycles. The Morgan fingerprint density at radius 1 is 1.83 bits per heavy atom. The zero-order valence-electron chi connectivity index (χ0n) is 2.86. The molecule has 0 spiro atoms. The fourth-order valence-corrected chi connectivity index (χ4v) is 0. The van der Waals surface area contributed by atoms with Crippen LogP contribution in [0.5, 0.6) is 0 Å². The van der Waals surface area contributed by atoms with E-state index in [1.54, 1.807) is 0 Å². The van der Waals surface area contributed by atoms with E-state index < -0.39 is 6.09 Å². The first-order valence-corrected chi connectivity index (χ1v) is 1.18. The summed E-state index contributed by atoms with van der Waals surface area (Å²) >= 11 is 0. The Hall–Kier alpha value is 0.270. The molecular formula is C2H6NNaO2. The van der Waals surface area contributed by atoms with Crippen LogP contribution in [0, 0.1) is 0 Å². The Balaban J connectivity index is 0. The summed E-state index contributed by atoms with van der Waals surface area (Å²) in [6.07, 6.45) is -0.995. The number of rotatable bonds is 0. The van der Waals surface area contributed by atoms with Gasteiger partial charge in [0.15, 0.2) is 0 Å². The fraction of sp³-hybridized carbons (Fsp3) is 0.500. The Bertz CT molecular complexity index is 46.8. The molecule has 0 aliphatic rings. The number of nitrogens with one attached hydrogen (secondary N) is 1. The van der Waals surface area contributed by atoms with Crippen LogP contribution in [-0.4, -0.2) is 47.8 Å². The van der Waals surface area contributed by atoms with E-state index >= 15 is 0 Å². The van der Waals surface area contributed by atoms with Gasteiger partial charge in [0.2, 0.25) is 0 Å². The first-order chi connectivity index (χ1) is 2.27. The summed E-state index contributed by atoms with van der Waals surface area (Å²) < 4.78 is 0. The van der Waals surface area contributed by atoms with Crippen LogP contribution < -0.4 is 5.32 Å². The van der Waals surface area contributed by atoms with E-state index in [1.165, 1.54) is 7.05 Å². The number of hydrogen-bond donors (Lipinski definition) is 2. The van der Waals surface area contributed by atoms with E-state index in [1.807, 2.05) is 5.32 Å². The normalized spacial score (nSPS) is 5.50. The molecule has 0 heterocycles. The molecule has 0 aromatic heterocycles. The molecular weight excluding hydrogens is 93.0 g/mol. The van der Waals surface area contributed by atoms with Gasteiger partial charge in [-0.1, -0.05) is 0 Å². The molecule has 4 heteroatoms. The van der Waals surface area contributed by atoms with Gasteiger partial charge in [0.1, 0.15) is 0 Å². The van der Waals surface area contributed by atoms with Crippen LogP contribution in [0.4, 0.5) is 4.79 Å². The van der Waals surface area contributed by atoms with Gasteiger partial charge >= 0.3 is 35.7 Å². The summed E-state index contributed by atoms with van der Waals surface area (Å²) in [5.74, 6) is 0. The van der Waals surface area contributed by atoms with Crippen molar-refractivity contribution in [3.63, 3.8) is 0 Å². The molecule has 3 nitrogen and oxygen atoms in total. The SMILES string of the molecule is CNC(=O)O.[NaH].